The zero-order valence-corrected chi connectivity index (χ0v) is 7.59. The maximum absolute atomic E-state index is 5.31. The van der Waals surface area contributed by atoms with Crippen molar-refractivity contribution in [2.45, 2.75) is 31.7 Å². The first-order valence-corrected chi connectivity index (χ1v) is 5.20. The highest BCUT2D eigenvalue weighted by Crippen LogP contribution is 2.41. The van der Waals surface area contributed by atoms with Gasteiger partial charge in [-0.1, -0.05) is 0 Å². The van der Waals surface area contributed by atoms with E-state index < -0.39 is 0 Å². The van der Waals surface area contributed by atoms with Crippen molar-refractivity contribution in [2.24, 2.45) is 5.41 Å². The Bertz CT molecular complexity index is 174. The van der Waals surface area contributed by atoms with Gasteiger partial charge in [-0.3, -0.25) is 0 Å². The summed E-state index contributed by atoms with van der Waals surface area (Å²) >= 11 is 0. The molecule has 12 heavy (non-hydrogen) atoms. The van der Waals surface area contributed by atoms with Gasteiger partial charge in [0.15, 0.2) is 0 Å². The third-order valence-corrected chi connectivity index (χ3v) is 3.74. The predicted octanol–water partition coefficient (Wildman–Crippen LogP) is 1.26. The molecular formula is C10H17NO. The van der Waals surface area contributed by atoms with E-state index in [1.807, 2.05) is 0 Å². The van der Waals surface area contributed by atoms with Crippen molar-refractivity contribution in [1.29, 1.82) is 0 Å². The van der Waals surface area contributed by atoms with Crippen molar-refractivity contribution in [2.75, 3.05) is 26.3 Å². The van der Waals surface area contributed by atoms with Gasteiger partial charge in [-0.25, -0.2) is 0 Å². The first-order chi connectivity index (χ1) is 5.88. The summed E-state index contributed by atoms with van der Waals surface area (Å²) in [5.41, 5.74) is 0.630. The van der Waals surface area contributed by atoms with Crippen LogP contribution in [0.2, 0.25) is 0 Å². The SMILES string of the molecule is C1CC1N1CCC2(CC1)COC2. The number of rotatable bonds is 1. The number of nitrogens with zero attached hydrogens (tertiary/aromatic N) is 1. The van der Waals surface area contributed by atoms with Crippen LogP contribution in [-0.2, 0) is 4.74 Å². The number of hydrogen-bond acceptors (Lipinski definition) is 2. The van der Waals surface area contributed by atoms with E-state index in [1.54, 1.807) is 0 Å². The lowest BCUT2D eigenvalue weighted by Crippen LogP contribution is -2.51. The average molecular weight is 167 g/mol. The Morgan fingerprint density at radius 2 is 1.75 bits per heavy atom. The van der Waals surface area contributed by atoms with E-state index in [2.05, 4.69) is 4.90 Å². The molecule has 1 aliphatic carbocycles. The minimum absolute atomic E-state index is 0.630. The van der Waals surface area contributed by atoms with Crippen LogP contribution in [0.1, 0.15) is 25.7 Å². The summed E-state index contributed by atoms with van der Waals surface area (Å²) in [5.74, 6) is 0. The van der Waals surface area contributed by atoms with Gasteiger partial charge in [-0.05, 0) is 38.8 Å². The van der Waals surface area contributed by atoms with Gasteiger partial charge in [-0.2, -0.15) is 0 Å². The lowest BCUT2D eigenvalue weighted by Gasteiger charge is -2.47. The summed E-state index contributed by atoms with van der Waals surface area (Å²) in [6.45, 7) is 4.78. The van der Waals surface area contributed by atoms with E-state index in [0.717, 1.165) is 19.3 Å². The van der Waals surface area contributed by atoms with Gasteiger partial charge in [0.1, 0.15) is 0 Å². The van der Waals surface area contributed by atoms with Crippen LogP contribution in [0.15, 0.2) is 0 Å². The van der Waals surface area contributed by atoms with Crippen LogP contribution >= 0.6 is 0 Å². The molecule has 3 aliphatic rings. The molecule has 3 rings (SSSR count). The second kappa shape index (κ2) is 2.46. The Hall–Kier alpha value is -0.0800. The molecule has 0 amide bonds. The molecule has 2 aliphatic heterocycles. The molecule has 2 nitrogen and oxygen atoms in total. The molecule has 2 saturated heterocycles. The quantitative estimate of drug-likeness (QED) is 0.583. The summed E-state index contributed by atoms with van der Waals surface area (Å²) in [6.07, 6.45) is 5.71. The van der Waals surface area contributed by atoms with E-state index in [-0.39, 0.29) is 0 Å². The van der Waals surface area contributed by atoms with E-state index in [1.165, 1.54) is 38.8 Å². The average Bonchev–Trinajstić information content (AvgIpc) is 2.84. The van der Waals surface area contributed by atoms with Crippen LogP contribution in [0, 0.1) is 5.41 Å². The molecule has 1 saturated carbocycles. The van der Waals surface area contributed by atoms with E-state index >= 15 is 0 Å². The topological polar surface area (TPSA) is 12.5 Å². The number of hydrogen-bond donors (Lipinski definition) is 0. The summed E-state index contributed by atoms with van der Waals surface area (Å²) in [6, 6.07) is 0.975. The van der Waals surface area contributed by atoms with Crippen LogP contribution in [0.25, 0.3) is 0 Å². The zero-order valence-electron chi connectivity index (χ0n) is 7.59. The third-order valence-electron chi connectivity index (χ3n) is 3.74. The van der Waals surface area contributed by atoms with E-state index in [4.69, 9.17) is 4.74 Å². The van der Waals surface area contributed by atoms with Crippen LogP contribution in [0.3, 0.4) is 0 Å². The number of likely N-dealkylation sites (tertiary alicyclic amines) is 1. The minimum atomic E-state index is 0.630. The Labute approximate surface area is 73.9 Å². The highest BCUT2D eigenvalue weighted by molar-refractivity contribution is 4.95. The Morgan fingerprint density at radius 1 is 1.08 bits per heavy atom. The van der Waals surface area contributed by atoms with Crippen LogP contribution < -0.4 is 0 Å². The fourth-order valence-electron chi connectivity index (χ4n) is 2.48. The zero-order chi connectivity index (χ0) is 8.02. The van der Waals surface area contributed by atoms with Gasteiger partial charge >= 0.3 is 0 Å². The van der Waals surface area contributed by atoms with Gasteiger partial charge in [0.05, 0.1) is 13.2 Å². The summed E-state index contributed by atoms with van der Waals surface area (Å²) in [5, 5.41) is 0. The van der Waals surface area contributed by atoms with Crippen molar-refractivity contribution in [3.8, 4) is 0 Å². The second-order valence-electron chi connectivity index (χ2n) is 4.76. The van der Waals surface area contributed by atoms with Crippen molar-refractivity contribution in [1.82, 2.24) is 4.90 Å². The predicted molar refractivity (Wildman–Crippen MR) is 47.1 cm³/mol. The molecular weight excluding hydrogens is 150 g/mol. The molecule has 0 atom stereocenters. The lowest BCUT2D eigenvalue weighted by atomic mass is 9.77. The Balaban J connectivity index is 1.57. The maximum atomic E-state index is 5.31. The standard InChI is InChI=1S/C10H17NO/c1-2-9(1)11-5-3-10(4-6-11)7-12-8-10/h9H,1-8H2. The monoisotopic (exact) mass is 167 g/mol. The summed E-state index contributed by atoms with van der Waals surface area (Å²) in [4.78, 5) is 2.68. The molecule has 0 unspecified atom stereocenters. The molecule has 0 aromatic rings. The van der Waals surface area contributed by atoms with Crippen LogP contribution in [0.5, 0.6) is 0 Å². The van der Waals surface area contributed by atoms with Gasteiger partial charge in [-0.15, -0.1) is 0 Å². The van der Waals surface area contributed by atoms with E-state index in [9.17, 15) is 0 Å². The lowest BCUT2D eigenvalue weighted by molar-refractivity contribution is -0.140. The molecule has 0 N–H and O–H groups in total. The molecule has 68 valence electrons. The van der Waals surface area contributed by atoms with Crippen molar-refractivity contribution >= 4 is 0 Å². The van der Waals surface area contributed by atoms with Crippen LogP contribution in [-0.4, -0.2) is 37.2 Å². The summed E-state index contributed by atoms with van der Waals surface area (Å²) < 4.78 is 5.31. The van der Waals surface area contributed by atoms with Gasteiger partial charge < -0.3 is 9.64 Å². The van der Waals surface area contributed by atoms with E-state index in [0.29, 0.717) is 5.41 Å². The molecule has 0 bridgehead atoms. The molecule has 2 heterocycles. The van der Waals surface area contributed by atoms with Gasteiger partial charge in [0, 0.05) is 11.5 Å². The molecule has 3 fully saturated rings. The summed E-state index contributed by atoms with van der Waals surface area (Å²) in [7, 11) is 0. The van der Waals surface area contributed by atoms with Crippen LogP contribution in [0.4, 0.5) is 0 Å². The van der Waals surface area contributed by atoms with Crippen molar-refractivity contribution in [3.05, 3.63) is 0 Å². The number of ether oxygens (including phenoxy) is 1. The smallest absolute Gasteiger partial charge is 0.0545 e. The van der Waals surface area contributed by atoms with Crippen molar-refractivity contribution < 1.29 is 4.74 Å². The fraction of sp³-hybridized carbons (Fsp3) is 1.00. The first-order valence-electron chi connectivity index (χ1n) is 5.20. The van der Waals surface area contributed by atoms with Gasteiger partial charge in [0.25, 0.3) is 0 Å². The Morgan fingerprint density at radius 3 is 2.17 bits per heavy atom. The van der Waals surface area contributed by atoms with Crippen molar-refractivity contribution in [3.63, 3.8) is 0 Å². The first kappa shape index (κ1) is 7.34. The highest BCUT2D eigenvalue weighted by Gasteiger charge is 2.43. The second-order valence-corrected chi connectivity index (χ2v) is 4.76. The molecule has 0 aromatic carbocycles. The Kier molecular flexibility index (Phi) is 1.50. The molecule has 0 aromatic heterocycles. The van der Waals surface area contributed by atoms with Gasteiger partial charge in [0.2, 0.25) is 0 Å². The highest BCUT2D eigenvalue weighted by atomic mass is 16.5. The third kappa shape index (κ3) is 1.09. The minimum Gasteiger partial charge on any atom is -0.380 e. The molecule has 2 heteroatoms. The molecule has 0 radical (unpaired) electrons. The molecule has 1 spiro atoms. The number of piperidine rings is 1. The normalized spacial score (nSPS) is 35.0. The largest absolute Gasteiger partial charge is 0.380 e. The fourth-order valence-corrected chi connectivity index (χ4v) is 2.48. The maximum Gasteiger partial charge on any atom is 0.0545 e.